The van der Waals surface area contributed by atoms with Gasteiger partial charge >= 0.3 is 6.36 Å². The molecule has 1 saturated heterocycles. The molecule has 30 heavy (non-hydrogen) atoms. The fraction of sp³-hybridized carbons (Fsp3) is 0.429. The Morgan fingerprint density at radius 2 is 1.87 bits per heavy atom. The van der Waals surface area contributed by atoms with Crippen molar-refractivity contribution in [3.63, 3.8) is 0 Å². The summed E-state index contributed by atoms with van der Waals surface area (Å²) in [6.45, 7) is 2.16. The molecule has 2 heterocycles. The van der Waals surface area contributed by atoms with Gasteiger partial charge in [-0.2, -0.15) is 0 Å². The van der Waals surface area contributed by atoms with E-state index in [1.165, 1.54) is 18.2 Å². The molecule has 1 amide bonds. The van der Waals surface area contributed by atoms with E-state index in [1.54, 1.807) is 17.2 Å². The van der Waals surface area contributed by atoms with Crippen LogP contribution in [0.3, 0.4) is 0 Å². The van der Waals surface area contributed by atoms with Gasteiger partial charge in [0.05, 0.1) is 18.8 Å². The van der Waals surface area contributed by atoms with Gasteiger partial charge in [-0.15, -0.1) is 13.2 Å². The second kappa shape index (κ2) is 8.51. The Kier molecular flexibility index (Phi) is 5.80. The number of ether oxygens (including phenoxy) is 2. The Labute approximate surface area is 172 Å². The molecule has 1 aliphatic carbocycles. The number of rotatable bonds is 4. The molecule has 0 spiro atoms. The number of carbonyl (C=O) groups excluding carboxylic acids is 1. The minimum atomic E-state index is -4.75. The van der Waals surface area contributed by atoms with E-state index in [4.69, 9.17) is 4.74 Å². The molecule has 2 aliphatic rings. The van der Waals surface area contributed by atoms with E-state index in [1.807, 2.05) is 0 Å². The van der Waals surface area contributed by atoms with Crippen molar-refractivity contribution in [3.8, 4) is 5.75 Å². The molecule has 1 fully saturated rings. The number of amides is 1. The van der Waals surface area contributed by atoms with Gasteiger partial charge in [0.1, 0.15) is 11.6 Å². The standard InChI is InChI=1S/C21H22F3N3O3/c22-21(23,24)30-15-5-3-4-14(12-15)26-19-17-7-2-1-6-16(17)18(13-25-19)20(28)27-8-10-29-11-9-27/h3-5,12-13H,1-2,6-11H2,(H,25,26). The quantitative estimate of drug-likeness (QED) is 0.806. The first-order chi connectivity index (χ1) is 14.4. The van der Waals surface area contributed by atoms with Crippen molar-refractivity contribution in [1.82, 2.24) is 9.88 Å². The van der Waals surface area contributed by atoms with Crippen molar-refractivity contribution in [2.45, 2.75) is 32.0 Å². The molecule has 1 N–H and O–H groups in total. The third kappa shape index (κ3) is 4.67. The molecular formula is C21H22F3N3O3. The molecule has 1 aromatic heterocycles. The Bertz CT molecular complexity index is 927. The Balaban J connectivity index is 1.61. The van der Waals surface area contributed by atoms with E-state index in [-0.39, 0.29) is 11.7 Å². The van der Waals surface area contributed by atoms with Gasteiger partial charge in [0.2, 0.25) is 0 Å². The average Bonchev–Trinajstić information content (AvgIpc) is 2.73. The molecular weight excluding hydrogens is 399 g/mol. The zero-order chi connectivity index (χ0) is 21.1. The maximum Gasteiger partial charge on any atom is 0.573 e. The summed E-state index contributed by atoms with van der Waals surface area (Å²) in [5, 5.41) is 3.10. The van der Waals surface area contributed by atoms with Crippen LogP contribution in [-0.4, -0.2) is 48.5 Å². The summed E-state index contributed by atoms with van der Waals surface area (Å²) >= 11 is 0. The van der Waals surface area contributed by atoms with Crippen LogP contribution in [0.25, 0.3) is 0 Å². The summed E-state index contributed by atoms with van der Waals surface area (Å²) in [6.07, 6.45) is 0.297. The summed E-state index contributed by atoms with van der Waals surface area (Å²) < 4.78 is 46.8. The van der Waals surface area contributed by atoms with E-state index in [9.17, 15) is 18.0 Å². The predicted octanol–water partition coefficient (Wildman–Crippen LogP) is 4.08. The van der Waals surface area contributed by atoms with Crippen LogP contribution >= 0.6 is 0 Å². The van der Waals surface area contributed by atoms with Gasteiger partial charge in [0, 0.05) is 31.0 Å². The maximum atomic E-state index is 13.0. The number of hydrogen-bond acceptors (Lipinski definition) is 5. The number of nitrogens with zero attached hydrogens (tertiary/aromatic N) is 2. The van der Waals surface area contributed by atoms with Gasteiger partial charge in [0.25, 0.3) is 5.91 Å². The fourth-order valence-corrected chi connectivity index (χ4v) is 3.89. The predicted molar refractivity (Wildman–Crippen MR) is 104 cm³/mol. The van der Waals surface area contributed by atoms with Gasteiger partial charge in [-0.25, -0.2) is 4.98 Å². The van der Waals surface area contributed by atoms with Gasteiger partial charge in [-0.05, 0) is 48.9 Å². The number of nitrogens with one attached hydrogen (secondary N) is 1. The summed E-state index contributed by atoms with van der Waals surface area (Å²) in [6, 6.07) is 5.64. The number of fused-ring (bicyclic) bond motifs is 1. The Morgan fingerprint density at radius 3 is 2.60 bits per heavy atom. The Hall–Kier alpha value is -2.81. The second-order valence-corrected chi connectivity index (χ2v) is 7.29. The van der Waals surface area contributed by atoms with Gasteiger partial charge in [-0.1, -0.05) is 6.07 Å². The van der Waals surface area contributed by atoms with Crippen molar-refractivity contribution in [3.05, 3.63) is 47.2 Å². The smallest absolute Gasteiger partial charge is 0.406 e. The first kappa shape index (κ1) is 20.5. The lowest BCUT2D eigenvalue weighted by Gasteiger charge is -2.29. The van der Waals surface area contributed by atoms with Crippen LogP contribution < -0.4 is 10.1 Å². The average molecular weight is 421 g/mol. The van der Waals surface area contributed by atoms with Crippen LogP contribution in [0.15, 0.2) is 30.5 Å². The molecule has 0 radical (unpaired) electrons. The van der Waals surface area contributed by atoms with E-state index < -0.39 is 6.36 Å². The minimum absolute atomic E-state index is 0.0453. The van der Waals surface area contributed by atoms with Crippen LogP contribution in [0, 0.1) is 0 Å². The number of alkyl halides is 3. The lowest BCUT2D eigenvalue weighted by Crippen LogP contribution is -2.41. The highest BCUT2D eigenvalue weighted by Crippen LogP contribution is 2.33. The third-order valence-corrected chi connectivity index (χ3v) is 5.26. The highest BCUT2D eigenvalue weighted by atomic mass is 19.4. The monoisotopic (exact) mass is 421 g/mol. The van der Waals surface area contributed by atoms with Gasteiger partial charge in [-0.3, -0.25) is 4.79 Å². The molecule has 0 bridgehead atoms. The molecule has 0 saturated carbocycles. The molecule has 1 aromatic carbocycles. The van der Waals surface area contributed by atoms with Crippen LogP contribution in [-0.2, 0) is 17.6 Å². The number of morpholine rings is 1. The zero-order valence-electron chi connectivity index (χ0n) is 16.3. The normalized spacial score (nSPS) is 16.7. The lowest BCUT2D eigenvalue weighted by atomic mass is 9.88. The topological polar surface area (TPSA) is 63.7 Å². The SMILES string of the molecule is O=C(c1cnc(Nc2cccc(OC(F)(F)F)c2)c2c1CCCC2)N1CCOCC1. The molecule has 9 heteroatoms. The molecule has 4 rings (SSSR count). The van der Waals surface area contributed by atoms with Crippen molar-refractivity contribution >= 4 is 17.4 Å². The third-order valence-electron chi connectivity index (χ3n) is 5.26. The van der Waals surface area contributed by atoms with Crippen LogP contribution in [0.4, 0.5) is 24.7 Å². The molecule has 0 atom stereocenters. The Morgan fingerprint density at radius 1 is 1.13 bits per heavy atom. The summed E-state index contributed by atoms with van der Waals surface area (Å²) in [4.78, 5) is 19.2. The zero-order valence-corrected chi connectivity index (χ0v) is 16.3. The molecule has 6 nitrogen and oxygen atoms in total. The first-order valence-electron chi connectivity index (χ1n) is 9.91. The molecule has 1 aliphatic heterocycles. The number of carbonyl (C=O) groups is 1. The first-order valence-corrected chi connectivity index (χ1v) is 9.91. The summed E-state index contributed by atoms with van der Waals surface area (Å²) in [5.41, 5.74) is 2.95. The van der Waals surface area contributed by atoms with Crippen LogP contribution in [0.1, 0.15) is 34.3 Å². The van der Waals surface area contributed by atoms with Crippen molar-refractivity contribution in [2.24, 2.45) is 0 Å². The lowest BCUT2D eigenvalue weighted by molar-refractivity contribution is -0.274. The van der Waals surface area contributed by atoms with Crippen molar-refractivity contribution in [2.75, 3.05) is 31.6 Å². The van der Waals surface area contributed by atoms with Crippen LogP contribution in [0.5, 0.6) is 5.75 Å². The van der Waals surface area contributed by atoms with Crippen molar-refractivity contribution < 1.29 is 27.4 Å². The van der Waals surface area contributed by atoms with E-state index in [0.717, 1.165) is 36.8 Å². The maximum absolute atomic E-state index is 13.0. The van der Waals surface area contributed by atoms with Gasteiger partial charge in [0.15, 0.2) is 0 Å². The molecule has 0 unspecified atom stereocenters. The number of halogens is 3. The summed E-state index contributed by atoms with van der Waals surface area (Å²) in [5.74, 6) is 0.212. The number of aromatic nitrogens is 1. The highest BCUT2D eigenvalue weighted by molar-refractivity contribution is 5.96. The highest BCUT2D eigenvalue weighted by Gasteiger charge is 2.31. The van der Waals surface area contributed by atoms with Gasteiger partial charge < -0.3 is 19.7 Å². The van der Waals surface area contributed by atoms with E-state index in [2.05, 4.69) is 15.0 Å². The number of hydrogen-bond donors (Lipinski definition) is 1. The largest absolute Gasteiger partial charge is 0.573 e. The summed E-state index contributed by atoms with van der Waals surface area (Å²) in [7, 11) is 0. The number of benzene rings is 1. The van der Waals surface area contributed by atoms with Crippen LogP contribution in [0.2, 0.25) is 0 Å². The van der Waals surface area contributed by atoms with Crippen molar-refractivity contribution in [1.29, 1.82) is 0 Å². The molecule has 2 aromatic rings. The number of pyridine rings is 1. The second-order valence-electron chi connectivity index (χ2n) is 7.29. The minimum Gasteiger partial charge on any atom is -0.406 e. The van der Waals surface area contributed by atoms with E-state index in [0.29, 0.717) is 43.4 Å². The fourth-order valence-electron chi connectivity index (χ4n) is 3.89. The van der Waals surface area contributed by atoms with E-state index >= 15 is 0 Å². The molecule has 160 valence electrons. The number of anilines is 2.